The van der Waals surface area contributed by atoms with Crippen LogP contribution in [-0.4, -0.2) is 18.4 Å². The number of amides is 1. The first-order valence-corrected chi connectivity index (χ1v) is 4.76. The van der Waals surface area contributed by atoms with Gasteiger partial charge >= 0.3 is 0 Å². The van der Waals surface area contributed by atoms with Crippen LogP contribution in [0.15, 0.2) is 29.3 Å². The zero-order valence-corrected chi connectivity index (χ0v) is 8.81. The number of guanidine groups is 1. The summed E-state index contributed by atoms with van der Waals surface area (Å²) >= 11 is 0. The molecule has 0 aliphatic rings. The fourth-order valence-electron chi connectivity index (χ4n) is 1.14. The van der Waals surface area contributed by atoms with Crippen molar-refractivity contribution in [1.29, 1.82) is 0 Å². The summed E-state index contributed by atoms with van der Waals surface area (Å²) in [5.41, 5.74) is 17.2. The number of anilines is 1. The number of carbonyl (C=O) groups excluding carboxylic acids is 1. The van der Waals surface area contributed by atoms with Gasteiger partial charge in [0, 0.05) is 5.69 Å². The number of nitrogens with zero attached hydrogens (tertiary/aromatic N) is 1. The van der Waals surface area contributed by atoms with Gasteiger partial charge in [-0.1, -0.05) is 12.1 Å². The molecular formula is C10H15N5O. The van der Waals surface area contributed by atoms with Crippen LogP contribution in [0.25, 0.3) is 0 Å². The Bertz CT molecular complexity index is 398. The molecule has 0 spiro atoms. The SMILES string of the molecule is NCC(=O)Nc1cccc(CN=C(N)N)c1. The second kappa shape index (κ2) is 5.72. The molecule has 0 aliphatic carbocycles. The molecule has 0 radical (unpaired) electrons. The quantitative estimate of drug-likeness (QED) is 0.399. The van der Waals surface area contributed by atoms with Crippen LogP contribution in [0, 0.1) is 0 Å². The van der Waals surface area contributed by atoms with E-state index in [1.807, 2.05) is 12.1 Å². The lowest BCUT2D eigenvalue weighted by atomic mass is 10.2. The van der Waals surface area contributed by atoms with E-state index in [9.17, 15) is 4.79 Å². The predicted octanol–water partition coefficient (Wildman–Crippen LogP) is -0.643. The van der Waals surface area contributed by atoms with Crippen LogP contribution < -0.4 is 22.5 Å². The summed E-state index contributed by atoms with van der Waals surface area (Å²) in [6.45, 7) is 0.340. The van der Waals surface area contributed by atoms with Crippen LogP contribution in [-0.2, 0) is 11.3 Å². The fraction of sp³-hybridized carbons (Fsp3) is 0.200. The number of carbonyl (C=O) groups is 1. The van der Waals surface area contributed by atoms with Gasteiger partial charge in [0.2, 0.25) is 5.91 Å². The smallest absolute Gasteiger partial charge is 0.238 e. The Balaban J connectivity index is 2.71. The number of aliphatic imine (C=N–C) groups is 1. The van der Waals surface area contributed by atoms with Crippen LogP contribution in [0.5, 0.6) is 0 Å². The zero-order chi connectivity index (χ0) is 12.0. The number of nitrogens with one attached hydrogen (secondary N) is 1. The van der Waals surface area contributed by atoms with Crippen molar-refractivity contribution in [3.8, 4) is 0 Å². The molecule has 0 unspecified atom stereocenters. The maximum Gasteiger partial charge on any atom is 0.238 e. The average Bonchev–Trinajstić information content (AvgIpc) is 2.26. The first-order chi connectivity index (χ1) is 7.61. The second-order valence-corrected chi connectivity index (χ2v) is 3.19. The Labute approximate surface area is 93.5 Å². The molecule has 0 atom stereocenters. The average molecular weight is 221 g/mol. The first kappa shape index (κ1) is 12.0. The van der Waals surface area contributed by atoms with E-state index in [1.165, 1.54) is 0 Å². The van der Waals surface area contributed by atoms with Crippen molar-refractivity contribution < 1.29 is 4.79 Å². The highest BCUT2D eigenvalue weighted by Crippen LogP contribution is 2.11. The van der Waals surface area contributed by atoms with Gasteiger partial charge in [-0.3, -0.25) is 4.79 Å². The molecular weight excluding hydrogens is 206 g/mol. The minimum atomic E-state index is -0.237. The molecule has 1 rings (SSSR count). The van der Waals surface area contributed by atoms with Gasteiger partial charge in [0.25, 0.3) is 0 Å². The van der Waals surface area contributed by atoms with E-state index < -0.39 is 0 Å². The van der Waals surface area contributed by atoms with E-state index in [0.29, 0.717) is 12.2 Å². The van der Waals surface area contributed by atoms with Gasteiger partial charge in [-0.15, -0.1) is 0 Å². The summed E-state index contributed by atoms with van der Waals surface area (Å²) < 4.78 is 0. The molecule has 0 aliphatic heterocycles. The number of hydrogen-bond acceptors (Lipinski definition) is 3. The summed E-state index contributed by atoms with van der Waals surface area (Å²) in [5.74, 6) is -0.199. The highest BCUT2D eigenvalue weighted by molar-refractivity contribution is 5.92. The number of nitrogens with two attached hydrogens (primary N) is 3. The van der Waals surface area contributed by atoms with Gasteiger partial charge in [0.1, 0.15) is 0 Å². The number of rotatable bonds is 4. The van der Waals surface area contributed by atoms with E-state index >= 15 is 0 Å². The van der Waals surface area contributed by atoms with E-state index in [1.54, 1.807) is 12.1 Å². The lowest BCUT2D eigenvalue weighted by Crippen LogP contribution is -2.22. The molecule has 6 nitrogen and oxygen atoms in total. The molecule has 0 saturated heterocycles. The van der Waals surface area contributed by atoms with Gasteiger partial charge in [0.05, 0.1) is 13.1 Å². The van der Waals surface area contributed by atoms with Crippen LogP contribution in [0.3, 0.4) is 0 Å². The van der Waals surface area contributed by atoms with Crippen LogP contribution >= 0.6 is 0 Å². The van der Waals surface area contributed by atoms with Gasteiger partial charge < -0.3 is 22.5 Å². The summed E-state index contributed by atoms with van der Waals surface area (Å²) in [6, 6.07) is 7.24. The van der Waals surface area contributed by atoms with E-state index in [0.717, 1.165) is 5.56 Å². The lowest BCUT2D eigenvalue weighted by Gasteiger charge is -2.05. The van der Waals surface area contributed by atoms with Crippen molar-refractivity contribution in [2.75, 3.05) is 11.9 Å². The lowest BCUT2D eigenvalue weighted by molar-refractivity contribution is -0.114. The molecule has 0 bridgehead atoms. The maximum absolute atomic E-state index is 11.1. The predicted molar refractivity (Wildman–Crippen MR) is 63.6 cm³/mol. The summed E-state index contributed by atoms with van der Waals surface area (Å²) in [6.07, 6.45) is 0. The Morgan fingerprint density at radius 3 is 2.75 bits per heavy atom. The Morgan fingerprint density at radius 2 is 2.12 bits per heavy atom. The Morgan fingerprint density at radius 1 is 1.38 bits per heavy atom. The molecule has 6 heteroatoms. The van der Waals surface area contributed by atoms with E-state index in [2.05, 4.69) is 10.3 Å². The minimum absolute atomic E-state index is 0.0383. The van der Waals surface area contributed by atoms with Crippen molar-refractivity contribution >= 4 is 17.6 Å². The Kier molecular flexibility index (Phi) is 4.28. The topological polar surface area (TPSA) is 120 Å². The van der Waals surface area contributed by atoms with Crippen molar-refractivity contribution in [3.63, 3.8) is 0 Å². The molecule has 1 aromatic rings. The third-order valence-corrected chi connectivity index (χ3v) is 1.84. The van der Waals surface area contributed by atoms with Crippen LogP contribution in [0.2, 0.25) is 0 Å². The third kappa shape index (κ3) is 3.97. The monoisotopic (exact) mass is 221 g/mol. The van der Waals surface area contributed by atoms with Gasteiger partial charge in [-0.2, -0.15) is 0 Å². The van der Waals surface area contributed by atoms with Crippen molar-refractivity contribution in [3.05, 3.63) is 29.8 Å². The molecule has 1 aromatic carbocycles. The number of hydrogen-bond donors (Lipinski definition) is 4. The van der Waals surface area contributed by atoms with Crippen LogP contribution in [0.4, 0.5) is 5.69 Å². The van der Waals surface area contributed by atoms with Crippen molar-refractivity contribution in [1.82, 2.24) is 0 Å². The zero-order valence-electron chi connectivity index (χ0n) is 8.81. The highest BCUT2D eigenvalue weighted by atomic mass is 16.1. The molecule has 0 fully saturated rings. The summed E-state index contributed by atoms with van der Waals surface area (Å²) in [7, 11) is 0. The van der Waals surface area contributed by atoms with Crippen molar-refractivity contribution in [2.24, 2.45) is 22.2 Å². The minimum Gasteiger partial charge on any atom is -0.370 e. The summed E-state index contributed by atoms with van der Waals surface area (Å²) in [4.78, 5) is 14.9. The normalized spacial score (nSPS) is 9.56. The van der Waals surface area contributed by atoms with E-state index in [-0.39, 0.29) is 18.4 Å². The Hall–Kier alpha value is -2.08. The molecule has 1 amide bonds. The number of benzene rings is 1. The fourth-order valence-corrected chi connectivity index (χ4v) is 1.14. The second-order valence-electron chi connectivity index (χ2n) is 3.19. The summed E-state index contributed by atoms with van der Waals surface area (Å²) in [5, 5.41) is 2.64. The van der Waals surface area contributed by atoms with Crippen molar-refractivity contribution in [2.45, 2.75) is 6.54 Å². The van der Waals surface area contributed by atoms with Gasteiger partial charge in [-0.25, -0.2) is 4.99 Å². The largest absolute Gasteiger partial charge is 0.370 e. The molecule has 16 heavy (non-hydrogen) atoms. The third-order valence-electron chi connectivity index (χ3n) is 1.84. The molecule has 0 saturated carbocycles. The maximum atomic E-state index is 11.1. The first-order valence-electron chi connectivity index (χ1n) is 4.76. The molecule has 7 N–H and O–H groups in total. The standard InChI is InChI=1S/C10H15N5O/c11-5-9(16)15-8-3-1-2-7(4-8)6-14-10(12)13/h1-4H,5-6,11H2,(H,15,16)(H4,12,13,14). The van der Waals surface area contributed by atoms with Crippen LogP contribution in [0.1, 0.15) is 5.56 Å². The van der Waals surface area contributed by atoms with Gasteiger partial charge in [-0.05, 0) is 17.7 Å². The molecule has 86 valence electrons. The highest BCUT2D eigenvalue weighted by Gasteiger charge is 1.99. The molecule has 0 aromatic heterocycles. The molecule has 0 heterocycles. The van der Waals surface area contributed by atoms with E-state index in [4.69, 9.17) is 17.2 Å². The van der Waals surface area contributed by atoms with Gasteiger partial charge in [0.15, 0.2) is 5.96 Å².